The molecule has 3 atom stereocenters. The Balaban J connectivity index is 1.31. The highest BCUT2D eigenvalue weighted by molar-refractivity contribution is 9.10. The van der Waals surface area contributed by atoms with E-state index in [9.17, 15) is 19.2 Å². The van der Waals surface area contributed by atoms with E-state index in [0.29, 0.717) is 44.9 Å². The number of benzene rings is 3. The van der Waals surface area contributed by atoms with Crippen molar-refractivity contribution in [3.63, 3.8) is 0 Å². The number of rotatable bonds is 8. The molecule has 12 heteroatoms. The molecule has 3 heterocycles. The second kappa shape index (κ2) is 12.0. The standard InChI is InChI=1S/C31H26BrN3O6S2/c1-3-40-22-14-17(6-13-21(22)41-15-23(36)33-19-9-4-16(2)5-10-19)24-25-27(42-28-26(24)43-31(39)34-28)30(38)35(29(25)37)20-11-7-18(32)8-12-20/h4-14,24-25,27H,3,15H2,1-2H3,(H,33,36)(H,34,39)/t24-,25-,27+/m0/s1. The Bertz CT molecular complexity index is 1770. The second-order valence-electron chi connectivity index (χ2n) is 10.1. The average Bonchev–Trinajstić information content (AvgIpc) is 3.48. The van der Waals surface area contributed by atoms with E-state index in [-0.39, 0.29) is 29.2 Å². The van der Waals surface area contributed by atoms with Crippen LogP contribution in [0.1, 0.15) is 28.8 Å². The minimum atomic E-state index is -0.735. The SMILES string of the molecule is CCOc1cc([C@@H]2c3sc(=O)[nH]c3S[C@H]3C(=O)N(c4ccc(Br)cc4)C(=O)[C@@H]23)ccc1OCC(=O)Nc1ccc(C)cc1. The van der Waals surface area contributed by atoms with Crippen LogP contribution in [0.3, 0.4) is 0 Å². The molecule has 43 heavy (non-hydrogen) atoms. The number of ether oxygens (including phenoxy) is 2. The number of hydrogen-bond acceptors (Lipinski definition) is 8. The molecule has 0 saturated carbocycles. The van der Waals surface area contributed by atoms with Crippen LogP contribution < -0.4 is 24.6 Å². The molecule has 0 radical (unpaired) electrons. The van der Waals surface area contributed by atoms with Crippen LogP contribution in [-0.2, 0) is 14.4 Å². The third kappa shape index (κ3) is 5.74. The predicted octanol–water partition coefficient (Wildman–Crippen LogP) is 5.72. The quantitative estimate of drug-likeness (QED) is 0.229. The molecule has 2 aliphatic heterocycles. The second-order valence-corrected chi connectivity index (χ2v) is 13.2. The third-order valence-electron chi connectivity index (χ3n) is 7.23. The van der Waals surface area contributed by atoms with Crippen LogP contribution in [0.25, 0.3) is 0 Å². The van der Waals surface area contributed by atoms with Crippen molar-refractivity contribution in [2.45, 2.75) is 30.0 Å². The van der Waals surface area contributed by atoms with Crippen LogP contribution in [0.5, 0.6) is 11.5 Å². The van der Waals surface area contributed by atoms with Crippen LogP contribution in [0.2, 0.25) is 0 Å². The molecule has 3 aromatic carbocycles. The number of anilines is 2. The number of thioether (sulfide) groups is 1. The van der Waals surface area contributed by atoms with Gasteiger partial charge in [-0.05, 0) is 67.9 Å². The highest BCUT2D eigenvalue weighted by atomic mass is 79.9. The van der Waals surface area contributed by atoms with Gasteiger partial charge >= 0.3 is 4.87 Å². The van der Waals surface area contributed by atoms with E-state index in [1.54, 1.807) is 42.5 Å². The Kier molecular flexibility index (Phi) is 8.17. The molecular weight excluding hydrogens is 654 g/mol. The summed E-state index contributed by atoms with van der Waals surface area (Å²) in [5.41, 5.74) is 2.94. The zero-order valence-electron chi connectivity index (χ0n) is 23.1. The molecule has 6 rings (SSSR count). The van der Waals surface area contributed by atoms with Gasteiger partial charge in [-0.15, -0.1) is 0 Å². The number of thiazole rings is 1. The van der Waals surface area contributed by atoms with Gasteiger partial charge in [0.2, 0.25) is 11.8 Å². The average molecular weight is 681 g/mol. The van der Waals surface area contributed by atoms with Crippen molar-refractivity contribution in [2.24, 2.45) is 5.92 Å². The van der Waals surface area contributed by atoms with Crippen molar-refractivity contribution >= 4 is 68.1 Å². The summed E-state index contributed by atoms with van der Waals surface area (Å²) in [6.45, 7) is 3.89. The maximum atomic E-state index is 14.0. The van der Waals surface area contributed by atoms with E-state index in [1.165, 1.54) is 16.7 Å². The number of aromatic nitrogens is 1. The van der Waals surface area contributed by atoms with Crippen LogP contribution in [0.4, 0.5) is 11.4 Å². The molecule has 0 unspecified atom stereocenters. The third-order valence-corrected chi connectivity index (χ3v) is 10.2. The first-order chi connectivity index (χ1) is 20.7. The first-order valence-electron chi connectivity index (χ1n) is 13.5. The van der Waals surface area contributed by atoms with Crippen molar-refractivity contribution in [2.75, 3.05) is 23.4 Å². The largest absolute Gasteiger partial charge is 0.490 e. The van der Waals surface area contributed by atoms with Gasteiger partial charge < -0.3 is 19.8 Å². The first kappa shape index (κ1) is 29.2. The van der Waals surface area contributed by atoms with Crippen molar-refractivity contribution in [1.82, 2.24) is 4.98 Å². The monoisotopic (exact) mass is 679 g/mol. The zero-order chi connectivity index (χ0) is 30.2. The summed E-state index contributed by atoms with van der Waals surface area (Å²) in [6.07, 6.45) is 0. The maximum Gasteiger partial charge on any atom is 0.305 e. The number of amides is 3. The molecule has 3 amide bonds. The molecule has 220 valence electrons. The van der Waals surface area contributed by atoms with Gasteiger partial charge in [0.15, 0.2) is 18.1 Å². The molecule has 0 aliphatic carbocycles. The number of nitrogens with one attached hydrogen (secondary N) is 2. The van der Waals surface area contributed by atoms with E-state index in [2.05, 4.69) is 26.2 Å². The number of aromatic amines is 1. The van der Waals surface area contributed by atoms with Gasteiger partial charge in [-0.3, -0.25) is 19.2 Å². The van der Waals surface area contributed by atoms with E-state index >= 15 is 0 Å². The highest BCUT2D eigenvalue weighted by Gasteiger charge is 2.56. The lowest BCUT2D eigenvalue weighted by atomic mass is 9.83. The number of carbonyl (C=O) groups excluding carboxylic acids is 3. The van der Waals surface area contributed by atoms with Gasteiger partial charge in [-0.2, -0.15) is 0 Å². The normalized spacial score (nSPS) is 19.1. The van der Waals surface area contributed by atoms with Gasteiger partial charge in [0.05, 0.1) is 23.2 Å². The van der Waals surface area contributed by atoms with E-state index in [0.717, 1.165) is 21.4 Å². The lowest BCUT2D eigenvalue weighted by molar-refractivity contribution is -0.122. The molecule has 1 aromatic heterocycles. The summed E-state index contributed by atoms with van der Waals surface area (Å²) < 4.78 is 12.6. The fourth-order valence-electron chi connectivity index (χ4n) is 5.30. The fourth-order valence-corrected chi connectivity index (χ4v) is 8.08. The van der Waals surface area contributed by atoms with Gasteiger partial charge in [0, 0.05) is 21.0 Å². The first-order valence-corrected chi connectivity index (χ1v) is 16.0. The Morgan fingerprint density at radius 1 is 0.977 bits per heavy atom. The molecule has 2 aliphatic rings. The number of hydrogen-bond donors (Lipinski definition) is 2. The summed E-state index contributed by atoms with van der Waals surface area (Å²) >= 11 is 5.66. The van der Waals surface area contributed by atoms with Gasteiger partial charge in [0.25, 0.3) is 5.91 Å². The zero-order valence-corrected chi connectivity index (χ0v) is 26.3. The Labute approximate surface area is 263 Å². The van der Waals surface area contributed by atoms with Crippen LogP contribution in [-0.4, -0.2) is 41.2 Å². The Morgan fingerprint density at radius 3 is 2.44 bits per heavy atom. The number of H-pyrrole nitrogens is 1. The summed E-state index contributed by atoms with van der Waals surface area (Å²) in [5.74, 6) is -1.53. The summed E-state index contributed by atoms with van der Waals surface area (Å²) in [5, 5.41) is 2.68. The minimum Gasteiger partial charge on any atom is -0.490 e. The van der Waals surface area contributed by atoms with Crippen molar-refractivity contribution < 1.29 is 23.9 Å². The van der Waals surface area contributed by atoms with Crippen LogP contribution in [0, 0.1) is 12.8 Å². The summed E-state index contributed by atoms with van der Waals surface area (Å²) in [7, 11) is 0. The van der Waals surface area contributed by atoms with E-state index < -0.39 is 17.1 Å². The highest BCUT2D eigenvalue weighted by Crippen LogP contribution is 2.53. The van der Waals surface area contributed by atoms with Crippen molar-refractivity contribution in [3.05, 3.63) is 96.9 Å². The molecule has 9 nitrogen and oxygen atoms in total. The molecule has 4 aromatic rings. The summed E-state index contributed by atoms with van der Waals surface area (Å²) in [6, 6.07) is 19.7. The topological polar surface area (TPSA) is 118 Å². The number of carbonyl (C=O) groups is 3. The fraction of sp³-hybridized carbons (Fsp3) is 0.226. The number of imide groups is 1. The lowest BCUT2D eigenvalue weighted by Crippen LogP contribution is -2.32. The van der Waals surface area contributed by atoms with Gasteiger partial charge in [-0.1, -0.05) is 62.8 Å². The van der Waals surface area contributed by atoms with Crippen molar-refractivity contribution in [3.8, 4) is 11.5 Å². The number of fused-ring (bicyclic) bond motifs is 2. The Hall–Kier alpha value is -3.87. The number of halogens is 1. The minimum absolute atomic E-state index is 0.239. The maximum absolute atomic E-state index is 14.0. The number of nitrogens with zero attached hydrogens (tertiary/aromatic N) is 1. The molecule has 1 saturated heterocycles. The Morgan fingerprint density at radius 2 is 1.72 bits per heavy atom. The van der Waals surface area contributed by atoms with Crippen LogP contribution in [0.15, 0.2) is 81.0 Å². The smallest absolute Gasteiger partial charge is 0.305 e. The van der Waals surface area contributed by atoms with E-state index in [4.69, 9.17) is 9.47 Å². The molecule has 2 N–H and O–H groups in total. The molecule has 1 fully saturated rings. The number of aryl methyl sites for hydroxylation is 1. The van der Waals surface area contributed by atoms with Crippen LogP contribution >= 0.6 is 39.0 Å². The lowest BCUT2D eigenvalue weighted by Gasteiger charge is -2.30. The van der Waals surface area contributed by atoms with E-state index in [1.807, 2.05) is 38.1 Å². The molecule has 0 spiro atoms. The summed E-state index contributed by atoms with van der Waals surface area (Å²) in [4.78, 5) is 57.1. The molecular formula is C31H26BrN3O6S2. The predicted molar refractivity (Wildman–Crippen MR) is 169 cm³/mol. The van der Waals surface area contributed by atoms with Crippen molar-refractivity contribution in [1.29, 1.82) is 0 Å². The molecule has 0 bridgehead atoms. The van der Waals surface area contributed by atoms with Gasteiger partial charge in [0.1, 0.15) is 5.25 Å². The van der Waals surface area contributed by atoms with Gasteiger partial charge in [-0.25, -0.2) is 4.90 Å².